The predicted molar refractivity (Wildman–Crippen MR) is 121 cm³/mol. The number of rotatable bonds is 5. The number of aryl methyl sites for hydroxylation is 3. The maximum atomic E-state index is 12.9. The van der Waals surface area contributed by atoms with Crippen LogP contribution in [0, 0.1) is 30.9 Å². The Morgan fingerprint density at radius 2 is 1.73 bits per heavy atom. The van der Waals surface area contributed by atoms with Crippen LogP contribution in [0.2, 0.25) is 0 Å². The maximum absolute atomic E-state index is 12.9. The van der Waals surface area contributed by atoms with Gasteiger partial charge >= 0.3 is 5.97 Å². The fourth-order valence-corrected chi connectivity index (χ4v) is 3.31. The zero-order chi connectivity index (χ0) is 23.7. The van der Waals surface area contributed by atoms with Crippen molar-refractivity contribution >= 4 is 22.6 Å². The van der Waals surface area contributed by atoms with Crippen molar-refractivity contribution in [3.05, 3.63) is 103 Å². The second-order valence-electron chi connectivity index (χ2n) is 7.61. The number of benzene rings is 3. The molecule has 0 spiro atoms. The standard InChI is InChI=1S/C25H19NO7/c1-14-4-5-15(2)21(10-14)33-23-13-31-22-12-18(7-8-19(22)24(23)27)32-25(28)17-6-9-20(26(29)30)16(3)11-17/h4-13H,1-3H3. The van der Waals surface area contributed by atoms with Gasteiger partial charge in [0.05, 0.1) is 15.9 Å². The lowest BCUT2D eigenvalue weighted by molar-refractivity contribution is -0.385. The van der Waals surface area contributed by atoms with Gasteiger partial charge in [-0.2, -0.15) is 0 Å². The van der Waals surface area contributed by atoms with Gasteiger partial charge in [-0.05, 0) is 62.2 Å². The first-order valence-electron chi connectivity index (χ1n) is 10.0. The molecule has 1 heterocycles. The molecule has 3 aromatic carbocycles. The average molecular weight is 445 g/mol. The fourth-order valence-electron chi connectivity index (χ4n) is 3.31. The van der Waals surface area contributed by atoms with Gasteiger partial charge in [0.25, 0.3) is 5.69 Å². The summed E-state index contributed by atoms with van der Waals surface area (Å²) in [5.41, 5.74) is 2.16. The molecule has 0 aliphatic carbocycles. The van der Waals surface area contributed by atoms with Crippen molar-refractivity contribution in [2.24, 2.45) is 0 Å². The molecule has 8 heteroatoms. The third kappa shape index (κ3) is 4.45. The van der Waals surface area contributed by atoms with Gasteiger partial charge in [-0.15, -0.1) is 0 Å². The number of carbonyl (C=O) groups excluding carboxylic acids is 1. The second kappa shape index (κ2) is 8.58. The molecule has 0 N–H and O–H groups in total. The lowest BCUT2D eigenvalue weighted by atomic mass is 10.1. The molecule has 0 saturated heterocycles. The first kappa shape index (κ1) is 21.8. The van der Waals surface area contributed by atoms with E-state index in [9.17, 15) is 19.7 Å². The van der Waals surface area contributed by atoms with Gasteiger partial charge in [0, 0.05) is 17.7 Å². The third-order valence-electron chi connectivity index (χ3n) is 5.12. The summed E-state index contributed by atoms with van der Waals surface area (Å²) >= 11 is 0. The number of carbonyl (C=O) groups is 1. The summed E-state index contributed by atoms with van der Waals surface area (Å²) in [4.78, 5) is 35.8. The SMILES string of the molecule is Cc1ccc(C)c(Oc2coc3cc(OC(=O)c4ccc([N+](=O)[O-])c(C)c4)ccc3c2=O)c1. The zero-order valence-electron chi connectivity index (χ0n) is 18.1. The number of nitro groups is 1. The van der Waals surface area contributed by atoms with Gasteiger partial charge in [-0.3, -0.25) is 14.9 Å². The van der Waals surface area contributed by atoms with Crippen LogP contribution in [0.5, 0.6) is 17.2 Å². The number of nitrogens with zero attached hydrogens (tertiary/aromatic N) is 1. The molecule has 0 amide bonds. The monoisotopic (exact) mass is 445 g/mol. The lowest BCUT2D eigenvalue weighted by Crippen LogP contribution is -2.10. The molecule has 33 heavy (non-hydrogen) atoms. The summed E-state index contributed by atoms with van der Waals surface area (Å²) in [6.45, 7) is 5.35. The first-order valence-corrected chi connectivity index (χ1v) is 10.0. The topological polar surface area (TPSA) is 109 Å². The van der Waals surface area contributed by atoms with Gasteiger partial charge in [0.1, 0.15) is 23.3 Å². The molecule has 4 aromatic rings. The Hall–Kier alpha value is -4.46. The minimum absolute atomic E-state index is 0.0438. The highest BCUT2D eigenvalue weighted by atomic mass is 16.6. The normalized spacial score (nSPS) is 10.8. The van der Waals surface area contributed by atoms with E-state index in [4.69, 9.17) is 13.9 Å². The van der Waals surface area contributed by atoms with E-state index in [0.717, 1.165) is 11.1 Å². The molecule has 0 aliphatic rings. The van der Waals surface area contributed by atoms with E-state index in [-0.39, 0.29) is 39.1 Å². The number of hydrogen-bond donors (Lipinski definition) is 0. The van der Waals surface area contributed by atoms with E-state index in [2.05, 4.69) is 0 Å². The molecular formula is C25H19NO7. The quantitative estimate of drug-likeness (QED) is 0.169. The van der Waals surface area contributed by atoms with Crippen molar-refractivity contribution in [3.8, 4) is 17.2 Å². The Morgan fingerprint density at radius 1 is 0.939 bits per heavy atom. The van der Waals surface area contributed by atoms with Crippen LogP contribution in [-0.2, 0) is 0 Å². The fraction of sp³-hybridized carbons (Fsp3) is 0.120. The van der Waals surface area contributed by atoms with E-state index < -0.39 is 10.9 Å². The molecule has 4 rings (SSSR count). The molecule has 0 atom stereocenters. The van der Waals surface area contributed by atoms with Crippen LogP contribution in [0.4, 0.5) is 5.69 Å². The summed E-state index contributed by atoms with van der Waals surface area (Å²) in [6.07, 6.45) is 1.22. The highest BCUT2D eigenvalue weighted by Crippen LogP contribution is 2.27. The number of hydrogen-bond acceptors (Lipinski definition) is 7. The van der Waals surface area contributed by atoms with E-state index in [0.29, 0.717) is 11.3 Å². The van der Waals surface area contributed by atoms with Crippen LogP contribution in [0.3, 0.4) is 0 Å². The van der Waals surface area contributed by atoms with Crippen molar-refractivity contribution in [3.63, 3.8) is 0 Å². The second-order valence-corrected chi connectivity index (χ2v) is 7.61. The summed E-state index contributed by atoms with van der Waals surface area (Å²) in [5.74, 6) is 0.0762. The third-order valence-corrected chi connectivity index (χ3v) is 5.12. The minimum Gasteiger partial charge on any atom is -0.460 e. The van der Waals surface area contributed by atoms with Gasteiger partial charge in [0.15, 0.2) is 0 Å². The number of nitro benzene ring substituents is 1. The Labute approximate surface area is 188 Å². The van der Waals surface area contributed by atoms with Gasteiger partial charge in [0.2, 0.25) is 11.2 Å². The minimum atomic E-state index is -0.690. The van der Waals surface area contributed by atoms with Crippen LogP contribution in [0.15, 0.2) is 70.1 Å². The van der Waals surface area contributed by atoms with Crippen molar-refractivity contribution in [1.82, 2.24) is 0 Å². The van der Waals surface area contributed by atoms with Crippen molar-refractivity contribution < 1.29 is 23.6 Å². The van der Waals surface area contributed by atoms with E-state index in [1.165, 1.54) is 49.6 Å². The van der Waals surface area contributed by atoms with Gasteiger partial charge in [-0.1, -0.05) is 12.1 Å². The van der Waals surface area contributed by atoms with Gasteiger partial charge in [-0.25, -0.2) is 4.79 Å². The Morgan fingerprint density at radius 3 is 2.45 bits per heavy atom. The molecule has 8 nitrogen and oxygen atoms in total. The molecule has 166 valence electrons. The molecule has 0 unspecified atom stereocenters. The van der Waals surface area contributed by atoms with Crippen molar-refractivity contribution in [1.29, 1.82) is 0 Å². The summed E-state index contributed by atoms with van der Waals surface area (Å²) in [5, 5.41) is 11.2. The summed E-state index contributed by atoms with van der Waals surface area (Å²) in [6, 6.07) is 14.0. The van der Waals surface area contributed by atoms with E-state index in [1.807, 2.05) is 32.0 Å². The largest absolute Gasteiger partial charge is 0.460 e. The highest BCUT2D eigenvalue weighted by molar-refractivity contribution is 5.92. The Balaban J connectivity index is 1.59. The van der Waals surface area contributed by atoms with Crippen molar-refractivity contribution in [2.75, 3.05) is 0 Å². The number of ether oxygens (including phenoxy) is 2. The summed E-state index contributed by atoms with van der Waals surface area (Å²) < 4.78 is 16.7. The maximum Gasteiger partial charge on any atom is 0.343 e. The van der Waals surface area contributed by atoms with Crippen LogP contribution in [-0.4, -0.2) is 10.9 Å². The molecule has 0 fully saturated rings. The predicted octanol–water partition coefficient (Wildman–Crippen LogP) is 5.64. The number of fused-ring (bicyclic) bond motifs is 1. The van der Waals surface area contributed by atoms with Gasteiger partial charge < -0.3 is 13.9 Å². The molecule has 0 bridgehead atoms. The van der Waals surface area contributed by atoms with Crippen molar-refractivity contribution in [2.45, 2.75) is 20.8 Å². The van der Waals surface area contributed by atoms with Crippen LogP contribution in [0.25, 0.3) is 11.0 Å². The highest BCUT2D eigenvalue weighted by Gasteiger charge is 2.17. The Bertz CT molecular complexity index is 1470. The molecule has 1 aromatic heterocycles. The molecule has 0 radical (unpaired) electrons. The van der Waals surface area contributed by atoms with Crippen LogP contribution < -0.4 is 14.9 Å². The lowest BCUT2D eigenvalue weighted by Gasteiger charge is -2.10. The molecule has 0 aliphatic heterocycles. The van der Waals surface area contributed by atoms with Crippen LogP contribution in [0.1, 0.15) is 27.0 Å². The molecular weight excluding hydrogens is 426 g/mol. The summed E-state index contributed by atoms with van der Waals surface area (Å²) in [7, 11) is 0. The smallest absolute Gasteiger partial charge is 0.343 e. The molecule has 0 saturated carbocycles. The van der Waals surface area contributed by atoms with Crippen LogP contribution >= 0.6 is 0 Å². The first-order chi connectivity index (χ1) is 15.7. The van der Waals surface area contributed by atoms with E-state index >= 15 is 0 Å². The van der Waals surface area contributed by atoms with E-state index in [1.54, 1.807) is 0 Å². The average Bonchev–Trinajstić information content (AvgIpc) is 2.77. The zero-order valence-corrected chi connectivity index (χ0v) is 18.1. The number of esters is 1. The Kier molecular flexibility index (Phi) is 5.66.